The summed E-state index contributed by atoms with van der Waals surface area (Å²) in [4.78, 5) is 4.42. The Balaban J connectivity index is 0.00000484. The summed E-state index contributed by atoms with van der Waals surface area (Å²) >= 11 is 0. The zero-order valence-corrected chi connectivity index (χ0v) is 16.7. The fourth-order valence-electron chi connectivity index (χ4n) is 1.95. The number of guanidine groups is 1. The Kier molecular flexibility index (Phi) is 12.5. The quantitative estimate of drug-likeness (QED) is 0.268. The van der Waals surface area contributed by atoms with E-state index in [-0.39, 0.29) is 24.0 Å². The molecule has 6 nitrogen and oxygen atoms in total. The minimum absolute atomic E-state index is 0. The average molecular weight is 437 g/mol. The van der Waals surface area contributed by atoms with E-state index in [4.69, 9.17) is 14.2 Å². The van der Waals surface area contributed by atoms with Gasteiger partial charge in [-0.05, 0) is 31.0 Å². The molecule has 0 heterocycles. The number of benzene rings is 1. The zero-order chi connectivity index (χ0) is 16.2. The molecule has 0 saturated carbocycles. The van der Waals surface area contributed by atoms with Crippen molar-refractivity contribution in [3.63, 3.8) is 0 Å². The lowest BCUT2D eigenvalue weighted by Gasteiger charge is -2.12. The van der Waals surface area contributed by atoms with Crippen LogP contribution in [0.25, 0.3) is 0 Å². The molecule has 23 heavy (non-hydrogen) atoms. The minimum atomic E-state index is 0. The number of hydrogen-bond donors (Lipinski definition) is 2. The number of halogens is 1. The average Bonchev–Trinajstić information content (AvgIpc) is 2.54. The van der Waals surface area contributed by atoms with Crippen molar-refractivity contribution in [2.75, 3.05) is 47.6 Å². The summed E-state index contributed by atoms with van der Waals surface area (Å²) in [6, 6.07) is 5.96. The lowest BCUT2D eigenvalue weighted by molar-refractivity contribution is 0.208. The summed E-state index contributed by atoms with van der Waals surface area (Å²) in [5.41, 5.74) is 1.18. The molecule has 0 bridgehead atoms. The van der Waals surface area contributed by atoms with Gasteiger partial charge in [0.2, 0.25) is 0 Å². The number of rotatable bonds is 9. The van der Waals surface area contributed by atoms with E-state index in [0.29, 0.717) is 13.2 Å². The Hall–Kier alpha value is -1.22. The van der Waals surface area contributed by atoms with Gasteiger partial charge in [0.15, 0.2) is 17.5 Å². The second-order valence-corrected chi connectivity index (χ2v) is 4.62. The van der Waals surface area contributed by atoms with Gasteiger partial charge < -0.3 is 24.8 Å². The monoisotopic (exact) mass is 437 g/mol. The van der Waals surface area contributed by atoms with E-state index in [1.807, 2.05) is 25.1 Å². The second kappa shape index (κ2) is 13.2. The molecule has 1 aromatic rings. The van der Waals surface area contributed by atoms with Crippen LogP contribution < -0.4 is 20.1 Å². The van der Waals surface area contributed by atoms with Crippen molar-refractivity contribution >= 4 is 29.9 Å². The van der Waals surface area contributed by atoms with Gasteiger partial charge >= 0.3 is 0 Å². The highest BCUT2D eigenvalue weighted by Gasteiger charge is 2.04. The molecule has 7 heteroatoms. The molecule has 0 fully saturated rings. The molecule has 132 valence electrons. The second-order valence-electron chi connectivity index (χ2n) is 4.62. The molecule has 0 aliphatic rings. The van der Waals surface area contributed by atoms with Crippen LogP contribution in [0.4, 0.5) is 0 Å². The smallest absolute Gasteiger partial charge is 0.191 e. The normalized spacial score (nSPS) is 10.7. The van der Waals surface area contributed by atoms with E-state index in [2.05, 4.69) is 15.6 Å². The molecule has 0 aliphatic heterocycles. The van der Waals surface area contributed by atoms with Gasteiger partial charge in [0.05, 0.1) is 27.4 Å². The van der Waals surface area contributed by atoms with E-state index >= 15 is 0 Å². The largest absolute Gasteiger partial charge is 0.493 e. The fraction of sp³-hybridized carbons (Fsp3) is 0.562. The first kappa shape index (κ1) is 21.8. The maximum absolute atomic E-state index is 5.31. The number of nitrogens with one attached hydrogen (secondary N) is 2. The predicted octanol–water partition coefficient (Wildman–Crippen LogP) is 2.07. The van der Waals surface area contributed by atoms with Crippen LogP contribution in [0, 0.1) is 0 Å². The van der Waals surface area contributed by atoms with Crippen LogP contribution in [0.15, 0.2) is 23.2 Å². The van der Waals surface area contributed by atoms with Gasteiger partial charge in [0.25, 0.3) is 0 Å². The minimum Gasteiger partial charge on any atom is -0.493 e. The van der Waals surface area contributed by atoms with E-state index in [9.17, 15) is 0 Å². The summed E-state index contributed by atoms with van der Waals surface area (Å²) in [6.45, 7) is 4.92. The van der Waals surface area contributed by atoms with Gasteiger partial charge in [-0.2, -0.15) is 0 Å². The Bertz CT molecular complexity index is 470. The maximum Gasteiger partial charge on any atom is 0.191 e. The molecule has 0 saturated heterocycles. The summed E-state index contributed by atoms with van der Waals surface area (Å²) in [5, 5.41) is 6.51. The van der Waals surface area contributed by atoms with E-state index < -0.39 is 0 Å². The van der Waals surface area contributed by atoms with Crippen LogP contribution in [-0.2, 0) is 11.2 Å². The van der Waals surface area contributed by atoms with Crippen LogP contribution >= 0.6 is 24.0 Å². The molecule has 0 atom stereocenters. The van der Waals surface area contributed by atoms with Crippen molar-refractivity contribution in [1.29, 1.82) is 0 Å². The SMILES string of the molecule is CCNC(=NCCOC)NCCc1ccc(OC)c(OC)c1.I. The highest BCUT2D eigenvalue weighted by atomic mass is 127. The summed E-state index contributed by atoms with van der Waals surface area (Å²) in [7, 11) is 4.96. The Morgan fingerprint density at radius 1 is 1.09 bits per heavy atom. The number of methoxy groups -OCH3 is 3. The van der Waals surface area contributed by atoms with Gasteiger partial charge in [0.1, 0.15) is 0 Å². The topological polar surface area (TPSA) is 64.1 Å². The maximum atomic E-state index is 5.31. The molecule has 1 aromatic carbocycles. The van der Waals surface area contributed by atoms with Crippen LogP contribution in [0.2, 0.25) is 0 Å². The summed E-state index contributed by atoms with van der Waals surface area (Å²) < 4.78 is 15.6. The van der Waals surface area contributed by atoms with Crippen molar-refractivity contribution in [1.82, 2.24) is 10.6 Å². The third-order valence-corrected chi connectivity index (χ3v) is 3.06. The number of aliphatic imine (C=N–C) groups is 1. The molecule has 0 unspecified atom stereocenters. The van der Waals surface area contributed by atoms with Gasteiger partial charge in [-0.3, -0.25) is 4.99 Å². The van der Waals surface area contributed by atoms with E-state index in [1.165, 1.54) is 5.56 Å². The van der Waals surface area contributed by atoms with Crippen LogP contribution in [0.1, 0.15) is 12.5 Å². The Labute approximate surface area is 156 Å². The lowest BCUT2D eigenvalue weighted by atomic mass is 10.1. The molecular weight excluding hydrogens is 409 g/mol. The van der Waals surface area contributed by atoms with E-state index in [1.54, 1.807) is 21.3 Å². The molecule has 0 amide bonds. The predicted molar refractivity (Wildman–Crippen MR) is 105 cm³/mol. The number of hydrogen-bond acceptors (Lipinski definition) is 4. The van der Waals surface area contributed by atoms with Crippen molar-refractivity contribution < 1.29 is 14.2 Å². The van der Waals surface area contributed by atoms with Gasteiger partial charge in [0, 0.05) is 20.2 Å². The molecule has 0 radical (unpaired) electrons. The van der Waals surface area contributed by atoms with Crippen molar-refractivity contribution in [3.05, 3.63) is 23.8 Å². The molecular formula is C16H28IN3O3. The van der Waals surface area contributed by atoms with Crippen molar-refractivity contribution in [3.8, 4) is 11.5 Å². The summed E-state index contributed by atoms with van der Waals surface area (Å²) in [5.74, 6) is 2.30. The van der Waals surface area contributed by atoms with Crippen LogP contribution in [-0.4, -0.2) is 53.5 Å². The van der Waals surface area contributed by atoms with Gasteiger partial charge in [-0.1, -0.05) is 6.07 Å². The Morgan fingerprint density at radius 2 is 1.83 bits per heavy atom. The molecule has 0 aromatic heterocycles. The first-order valence-electron chi connectivity index (χ1n) is 7.47. The third-order valence-electron chi connectivity index (χ3n) is 3.06. The standard InChI is InChI=1S/C16H27N3O3.HI/c1-5-17-16(19-10-11-20-2)18-9-8-13-6-7-14(21-3)15(12-13)22-4;/h6-7,12H,5,8-11H2,1-4H3,(H2,17,18,19);1H. The van der Waals surface area contributed by atoms with Crippen molar-refractivity contribution in [2.45, 2.75) is 13.3 Å². The van der Waals surface area contributed by atoms with Gasteiger partial charge in [-0.15, -0.1) is 24.0 Å². The highest BCUT2D eigenvalue weighted by Crippen LogP contribution is 2.27. The number of nitrogens with zero attached hydrogens (tertiary/aromatic N) is 1. The van der Waals surface area contributed by atoms with E-state index in [0.717, 1.165) is 37.0 Å². The molecule has 0 aliphatic carbocycles. The lowest BCUT2D eigenvalue weighted by Crippen LogP contribution is -2.38. The third kappa shape index (κ3) is 8.26. The number of ether oxygens (including phenoxy) is 3. The molecule has 0 spiro atoms. The fourth-order valence-corrected chi connectivity index (χ4v) is 1.95. The van der Waals surface area contributed by atoms with Gasteiger partial charge in [-0.25, -0.2) is 0 Å². The molecule has 1 rings (SSSR count). The first-order valence-corrected chi connectivity index (χ1v) is 7.47. The summed E-state index contributed by atoms with van der Waals surface area (Å²) in [6.07, 6.45) is 0.870. The van der Waals surface area contributed by atoms with Crippen LogP contribution in [0.3, 0.4) is 0 Å². The first-order chi connectivity index (χ1) is 10.7. The highest BCUT2D eigenvalue weighted by molar-refractivity contribution is 14.0. The van der Waals surface area contributed by atoms with Crippen molar-refractivity contribution in [2.24, 2.45) is 4.99 Å². The van der Waals surface area contributed by atoms with Crippen LogP contribution in [0.5, 0.6) is 11.5 Å². The zero-order valence-electron chi connectivity index (χ0n) is 14.3. The molecule has 2 N–H and O–H groups in total. The Morgan fingerprint density at radius 3 is 2.43 bits per heavy atom.